The molecule has 0 heterocycles. The number of rotatable bonds is 2. The Kier molecular flexibility index (Phi) is 3.60. The molecule has 11 heteroatoms. The molecule has 0 unspecified atom stereocenters. The zero-order chi connectivity index (χ0) is 16.2. The minimum absolute atomic E-state index is 0.0978. The summed E-state index contributed by atoms with van der Waals surface area (Å²) in [5.41, 5.74) is -8.26. The van der Waals surface area contributed by atoms with Crippen LogP contribution in [0.5, 0.6) is 0 Å². The van der Waals surface area contributed by atoms with Crippen LogP contribution in [0.25, 0.3) is 0 Å². The Balaban J connectivity index is 3.74. The third kappa shape index (κ3) is 1.96. The second-order valence-corrected chi connectivity index (χ2v) is 4.09. The monoisotopic (exact) mass is 322 g/mol. The molecule has 1 aliphatic carbocycles. The van der Waals surface area contributed by atoms with Crippen LogP contribution in [0.4, 0.5) is 48.3 Å². The number of hydrogen-bond acceptors (Lipinski definition) is 0. The van der Waals surface area contributed by atoms with Gasteiger partial charge in [-0.05, 0) is 18.4 Å². The minimum atomic E-state index is -7.03. The molecule has 0 saturated carbocycles. The molecule has 0 atom stereocenters. The molecule has 0 N–H and O–H groups in total. The van der Waals surface area contributed by atoms with E-state index in [4.69, 9.17) is 0 Å². The molecule has 0 bridgehead atoms. The lowest BCUT2D eigenvalue weighted by molar-refractivity contribution is -0.435. The summed E-state index contributed by atoms with van der Waals surface area (Å²) in [7, 11) is 0. The van der Waals surface area contributed by atoms with Gasteiger partial charge in [0, 0.05) is 0 Å². The Hall–Kier alpha value is -1.03. The predicted octanol–water partition coefficient (Wildman–Crippen LogP) is 5.02. The second kappa shape index (κ2) is 4.23. The summed E-state index contributed by atoms with van der Waals surface area (Å²) in [5.74, 6) is -7.03. The van der Waals surface area contributed by atoms with E-state index < -0.39 is 48.3 Å². The maximum atomic E-state index is 13.1. The van der Waals surface area contributed by atoms with Crippen LogP contribution in [0.2, 0.25) is 0 Å². The second-order valence-electron chi connectivity index (χ2n) is 4.09. The van der Waals surface area contributed by atoms with Gasteiger partial charge < -0.3 is 0 Å². The topological polar surface area (TPSA) is 0 Å². The van der Waals surface area contributed by atoms with E-state index in [1.165, 1.54) is 0 Å². The van der Waals surface area contributed by atoms with Crippen molar-refractivity contribution in [2.24, 2.45) is 5.41 Å². The van der Waals surface area contributed by atoms with Crippen molar-refractivity contribution in [2.75, 3.05) is 0 Å². The zero-order valence-electron chi connectivity index (χ0n) is 9.15. The Labute approximate surface area is 104 Å². The Morgan fingerprint density at radius 3 is 1.15 bits per heavy atom. The number of alkyl halides is 11. The highest BCUT2D eigenvalue weighted by molar-refractivity contribution is 5.32. The van der Waals surface area contributed by atoms with Gasteiger partial charge in [-0.15, -0.1) is 0 Å². The van der Waals surface area contributed by atoms with Gasteiger partial charge in [0.05, 0.1) is 0 Å². The fourth-order valence-electron chi connectivity index (χ4n) is 1.92. The van der Waals surface area contributed by atoms with Crippen molar-refractivity contribution >= 4 is 0 Å². The third-order valence-corrected chi connectivity index (χ3v) is 2.96. The first kappa shape index (κ1) is 17.0. The highest BCUT2D eigenvalue weighted by Gasteiger charge is 2.90. The van der Waals surface area contributed by atoms with Gasteiger partial charge in [0.2, 0.25) is 0 Å². The minimum Gasteiger partial charge on any atom is -0.195 e. The molecule has 1 aliphatic rings. The maximum absolute atomic E-state index is 13.1. The van der Waals surface area contributed by atoms with Gasteiger partial charge in [-0.25, -0.2) is 0 Å². The van der Waals surface area contributed by atoms with Crippen molar-refractivity contribution in [3.05, 3.63) is 11.6 Å². The van der Waals surface area contributed by atoms with Crippen molar-refractivity contribution < 1.29 is 48.3 Å². The van der Waals surface area contributed by atoms with Crippen LogP contribution in [-0.4, -0.2) is 24.5 Å². The summed E-state index contributed by atoms with van der Waals surface area (Å²) in [4.78, 5) is 0. The standard InChI is InChI=1S/C9H5F11/c10-6(11,9(18,19)20)5(7(12,13)14,8(15,16)17)4-2-1-3-4/h2H,1,3H2. The highest BCUT2D eigenvalue weighted by atomic mass is 19.4. The van der Waals surface area contributed by atoms with Gasteiger partial charge >= 0.3 is 24.5 Å². The van der Waals surface area contributed by atoms with E-state index in [1.54, 1.807) is 0 Å². The van der Waals surface area contributed by atoms with Gasteiger partial charge in [-0.2, -0.15) is 48.3 Å². The first-order chi connectivity index (χ1) is 8.61. The SMILES string of the molecule is FC(F)(F)C(F)(F)C(C1=CCC1)(C(F)(F)F)C(F)(F)F. The van der Waals surface area contributed by atoms with E-state index in [2.05, 4.69) is 0 Å². The van der Waals surface area contributed by atoms with Gasteiger partial charge in [-0.1, -0.05) is 6.08 Å². The van der Waals surface area contributed by atoms with E-state index in [-0.39, 0.29) is 6.08 Å². The summed E-state index contributed by atoms with van der Waals surface area (Å²) < 4.78 is 138. The van der Waals surface area contributed by atoms with Crippen LogP contribution in [0.3, 0.4) is 0 Å². The third-order valence-electron chi connectivity index (χ3n) is 2.96. The lowest BCUT2D eigenvalue weighted by Gasteiger charge is -2.46. The highest BCUT2D eigenvalue weighted by Crippen LogP contribution is 2.68. The average molecular weight is 322 g/mol. The fraction of sp³-hybridized carbons (Fsp3) is 0.778. The van der Waals surface area contributed by atoms with Crippen LogP contribution in [0.15, 0.2) is 11.6 Å². The maximum Gasteiger partial charge on any atom is 0.454 e. The molecule has 20 heavy (non-hydrogen) atoms. The quantitative estimate of drug-likeness (QED) is 0.495. The van der Waals surface area contributed by atoms with Crippen LogP contribution in [0.1, 0.15) is 12.8 Å². The number of allylic oxidation sites excluding steroid dienone is 2. The van der Waals surface area contributed by atoms with E-state index >= 15 is 0 Å². The molecule has 0 aliphatic heterocycles. The molecular weight excluding hydrogens is 317 g/mol. The Morgan fingerprint density at radius 2 is 1.00 bits per heavy atom. The molecule has 0 aromatic rings. The van der Waals surface area contributed by atoms with Gasteiger partial charge in [0.25, 0.3) is 5.41 Å². The fourth-order valence-corrected chi connectivity index (χ4v) is 1.92. The molecule has 0 aromatic heterocycles. The first-order valence-corrected chi connectivity index (χ1v) is 4.88. The van der Waals surface area contributed by atoms with Crippen molar-refractivity contribution in [1.29, 1.82) is 0 Å². The molecule has 0 amide bonds. The lowest BCUT2D eigenvalue weighted by Crippen LogP contribution is -2.67. The molecule has 0 nitrogen and oxygen atoms in total. The van der Waals surface area contributed by atoms with Crippen LogP contribution in [-0.2, 0) is 0 Å². The van der Waals surface area contributed by atoms with Gasteiger partial charge in [0.1, 0.15) is 0 Å². The van der Waals surface area contributed by atoms with E-state index in [0.717, 1.165) is 0 Å². The Bertz CT molecular complexity index is 391. The van der Waals surface area contributed by atoms with E-state index in [1.807, 2.05) is 0 Å². The number of hydrogen-bond donors (Lipinski definition) is 0. The van der Waals surface area contributed by atoms with E-state index in [0.29, 0.717) is 0 Å². The average Bonchev–Trinajstić information content (AvgIpc) is 2.03. The molecule has 0 saturated heterocycles. The van der Waals surface area contributed by atoms with Gasteiger partial charge in [-0.3, -0.25) is 0 Å². The molecular formula is C9H5F11. The summed E-state index contributed by atoms with van der Waals surface area (Å²) in [6.45, 7) is 0. The van der Waals surface area contributed by atoms with Crippen LogP contribution in [0, 0.1) is 5.41 Å². The van der Waals surface area contributed by atoms with Crippen molar-refractivity contribution in [1.82, 2.24) is 0 Å². The van der Waals surface area contributed by atoms with Crippen LogP contribution < -0.4 is 0 Å². The normalized spacial score (nSPS) is 18.6. The van der Waals surface area contributed by atoms with E-state index in [9.17, 15) is 48.3 Å². The zero-order valence-corrected chi connectivity index (χ0v) is 9.15. The smallest absolute Gasteiger partial charge is 0.195 e. The summed E-state index contributed by atoms with van der Waals surface area (Å²) >= 11 is 0. The molecule has 0 radical (unpaired) electrons. The summed E-state index contributed by atoms with van der Waals surface area (Å²) in [5, 5.41) is 0. The predicted molar refractivity (Wildman–Crippen MR) is 42.9 cm³/mol. The van der Waals surface area contributed by atoms with Crippen molar-refractivity contribution in [2.45, 2.75) is 37.3 Å². The van der Waals surface area contributed by atoms with Gasteiger partial charge in [0.15, 0.2) is 0 Å². The summed E-state index contributed by atoms with van der Waals surface area (Å²) in [6, 6.07) is 0. The molecule has 1 rings (SSSR count). The molecule has 118 valence electrons. The van der Waals surface area contributed by atoms with Crippen molar-refractivity contribution in [3.63, 3.8) is 0 Å². The first-order valence-electron chi connectivity index (χ1n) is 4.88. The van der Waals surface area contributed by atoms with Crippen LogP contribution >= 0.6 is 0 Å². The Morgan fingerprint density at radius 1 is 0.650 bits per heavy atom. The lowest BCUT2D eigenvalue weighted by atomic mass is 9.67. The summed E-state index contributed by atoms with van der Waals surface area (Å²) in [6.07, 6.45) is -22.2. The molecule has 0 fully saturated rings. The molecule has 0 aromatic carbocycles. The number of halogens is 11. The molecule has 0 spiro atoms. The van der Waals surface area contributed by atoms with Crippen molar-refractivity contribution in [3.8, 4) is 0 Å². The largest absolute Gasteiger partial charge is 0.454 e.